The summed E-state index contributed by atoms with van der Waals surface area (Å²) in [5, 5.41) is 0. The standard InChI is InChI=1S/C2F3I/c3-1(4)2(5)6. The smallest absolute Gasteiger partial charge is 0.194 e. The van der Waals surface area contributed by atoms with Gasteiger partial charge in [0.05, 0.1) is 0 Å². The summed E-state index contributed by atoms with van der Waals surface area (Å²) in [6, 6.07) is 0. The molecule has 4 heteroatoms. The Morgan fingerprint density at radius 1 is 1.17 bits per heavy atom. The van der Waals surface area contributed by atoms with Gasteiger partial charge in [0.15, 0.2) is 0 Å². The molecular weight excluding hydrogens is 208 g/mol. The summed E-state index contributed by atoms with van der Waals surface area (Å²) in [5.74, 6) is 0. The molecule has 0 amide bonds. The van der Waals surface area contributed by atoms with Crippen LogP contribution in [-0.2, 0) is 0 Å². The minimum atomic E-state index is -2.25. The van der Waals surface area contributed by atoms with Crippen LogP contribution in [0.25, 0.3) is 0 Å². The fraction of sp³-hybridized carbons (Fsp3) is 0. The average molecular weight is 208 g/mol. The van der Waals surface area contributed by atoms with E-state index in [0.29, 0.717) is 0 Å². The van der Waals surface area contributed by atoms with E-state index in [-0.39, 0.29) is 0 Å². The normalized spacial score (nSPS) is 8.00. The van der Waals surface area contributed by atoms with Crippen LogP contribution in [0.2, 0.25) is 0 Å². The first-order valence-corrected chi connectivity index (χ1v) is 2.08. The quantitative estimate of drug-likeness (QED) is 0.536. The van der Waals surface area contributed by atoms with Gasteiger partial charge in [-0.1, -0.05) is 0 Å². The SMILES string of the molecule is FC(F)=C(F)I. The van der Waals surface area contributed by atoms with Crippen molar-refractivity contribution in [2.24, 2.45) is 0 Å². The maximum Gasteiger partial charge on any atom is 0.311 e. The Labute approximate surface area is 46.2 Å². The van der Waals surface area contributed by atoms with Crippen LogP contribution in [0.5, 0.6) is 0 Å². The monoisotopic (exact) mass is 208 g/mol. The molecular formula is C2F3I. The minimum Gasteiger partial charge on any atom is -0.194 e. The minimum absolute atomic E-state index is 0.895. The predicted octanol–water partition coefficient (Wildman–Crippen LogP) is 2.46. The fourth-order valence-electron chi connectivity index (χ4n) is 0. The molecule has 0 saturated heterocycles. The lowest BCUT2D eigenvalue weighted by Gasteiger charge is -1.71. The molecule has 0 heterocycles. The van der Waals surface area contributed by atoms with Crippen LogP contribution < -0.4 is 0 Å². The van der Waals surface area contributed by atoms with E-state index in [9.17, 15) is 13.2 Å². The fourth-order valence-corrected chi connectivity index (χ4v) is 0. The lowest BCUT2D eigenvalue weighted by molar-refractivity contribution is 0.397. The molecule has 0 unspecified atom stereocenters. The molecule has 6 heavy (non-hydrogen) atoms. The van der Waals surface area contributed by atoms with Gasteiger partial charge in [0.1, 0.15) is 0 Å². The van der Waals surface area contributed by atoms with E-state index >= 15 is 0 Å². The second-order valence-corrected chi connectivity index (χ2v) is 1.47. The highest BCUT2D eigenvalue weighted by molar-refractivity contribution is 14.1. The predicted molar refractivity (Wildman–Crippen MR) is 24.4 cm³/mol. The van der Waals surface area contributed by atoms with Crippen molar-refractivity contribution in [3.05, 3.63) is 9.91 Å². The van der Waals surface area contributed by atoms with E-state index in [1.54, 1.807) is 0 Å². The Kier molecular flexibility index (Phi) is 2.54. The van der Waals surface area contributed by atoms with Crippen LogP contribution in [0.4, 0.5) is 13.2 Å². The molecule has 0 saturated carbocycles. The van der Waals surface area contributed by atoms with Crippen molar-refractivity contribution in [2.45, 2.75) is 0 Å². The largest absolute Gasteiger partial charge is 0.311 e. The Hall–Kier alpha value is 0.260. The highest BCUT2D eigenvalue weighted by atomic mass is 127. The summed E-state index contributed by atoms with van der Waals surface area (Å²) in [4.78, 5) is 0. The third-order valence-corrected chi connectivity index (χ3v) is 0.551. The molecule has 0 aliphatic rings. The van der Waals surface area contributed by atoms with Crippen LogP contribution in [0.3, 0.4) is 0 Å². The number of hydrogen-bond acceptors (Lipinski definition) is 0. The third-order valence-electron chi connectivity index (χ3n) is 0.143. The van der Waals surface area contributed by atoms with Gasteiger partial charge in [-0.25, -0.2) is 0 Å². The molecule has 0 aliphatic heterocycles. The Morgan fingerprint density at radius 2 is 1.33 bits per heavy atom. The van der Waals surface area contributed by atoms with Gasteiger partial charge < -0.3 is 0 Å². The van der Waals surface area contributed by atoms with Crippen molar-refractivity contribution >= 4 is 22.6 Å². The van der Waals surface area contributed by atoms with Gasteiger partial charge in [-0.15, -0.1) is 0 Å². The molecule has 0 nitrogen and oxygen atoms in total. The first-order valence-electron chi connectivity index (χ1n) is 1.01. The Balaban J connectivity index is 3.68. The summed E-state index contributed by atoms with van der Waals surface area (Å²) in [6.07, 6.45) is -2.25. The van der Waals surface area contributed by atoms with Gasteiger partial charge in [0, 0.05) is 0 Å². The van der Waals surface area contributed by atoms with Crippen LogP contribution in [-0.4, -0.2) is 0 Å². The maximum atomic E-state index is 10.9. The van der Waals surface area contributed by atoms with Crippen LogP contribution in [0.15, 0.2) is 9.91 Å². The van der Waals surface area contributed by atoms with Crippen molar-refractivity contribution in [3.8, 4) is 0 Å². The molecule has 0 bridgehead atoms. The van der Waals surface area contributed by atoms with Gasteiger partial charge in [0.25, 0.3) is 0 Å². The van der Waals surface area contributed by atoms with Gasteiger partial charge >= 0.3 is 6.08 Å². The lowest BCUT2D eigenvalue weighted by Crippen LogP contribution is -1.53. The number of halogens is 4. The van der Waals surface area contributed by atoms with Crippen LogP contribution >= 0.6 is 22.6 Å². The Bertz CT molecular complexity index is 58.9. The van der Waals surface area contributed by atoms with Crippen molar-refractivity contribution in [3.63, 3.8) is 0 Å². The van der Waals surface area contributed by atoms with E-state index in [1.165, 1.54) is 0 Å². The van der Waals surface area contributed by atoms with E-state index in [2.05, 4.69) is 0 Å². The van der Waals surface area contributed by atoms with E-state index in [4.69, 9.17) is 0 Å². The molecule has 0 fully saturated rings. The summed E-state index contributed by atoms with van der Waals surface area (Å²) in [7, 11) is 0. The van der Waals surface area contributed by atoms with Gasteiger partial charge in [-0.3, -0.25) is 0 Å². The van der Waals surface area contributed by atoms with Gasteiger partial charge in [0.2, 0.25) is 3.83 Å². The molecule has 0 aliphatic carbocycles. The zero-order valence-electron chi connectivity index (χ0n) is 2.51. The maximum absolute atomic E-state index is 10.9. The molecule has 0 rings (SSSR count). The number of rotatable bonds is 0. The second-order valence-electron chi connectivity index (χ2n) is 0.521. The first-order chi connectivity index (χ1) is 2.64. The van der Waals surface area contributed by atoms with Crippen LogP contribution in [0, 0.1) is 0 Å². The molecule has 0 atom stereocenters. The molecule has 0 spiro atoms. The zero-order chi connectivity index (χ0) is 5.15. The Morgan fingerprint density at radius 3 is 1.33 bits per heavy atom. The van der Waals surface area contributed by atoms with Crippen molar-refractivity contribution in [1.29, 1.82) is 0 Å². The molecule has 0 aromatic heterocycles. The molecule has 0 radical (unpaired) electrons. The van der Waals surface area contributed by atoms with Crippen LogP contribution in [0.1, 0.15) is 0 Å². The number of hydrogen-bond donors (Lipinski definition) is 0. The summed E-state index contributed by atoms with van der Waals surface area (Å²) < 4.78 is 30.8. The van der Waals surface area contributed by atoms with E-state index in [0.717, 1.165) is 22.6 Å². The van der Waals surface area contributed by atoms with Crippen molar-refractivity contribution < 1.29 is 13.2 Å². The zero-order valence-corrected chi connectivity index (χ0v) is 4.67. The van der Waals surface area contributed by atoms with Gasteiger partial charge in [-0.2, -0.15) is 13.2 Å². The highest BCUT2D eigenvalue weighted by Crippen LogP contribution is 2.14. The lowest BCUT2D eigenvalue weighted by atomic mass is 11.1. The van der Waals surface area contributed by atoms with Gasteiger partial charge in [-0.05, 0) is 22.6 Å². The van der Waals surface area contributed by atoms with Crippen molar-refractivity contribution in [1.82, 2.24) is 0 Å². The highest BCUT2D eigenvalue weighted by Gasteiger charge is 1.94. The molecule has 0 aromatic carbocycles. The topological polar surface area (TPSA) is 0 Å². The second kappa shape index (κ2) is 2.44. The summed E-state index contributed by atoms with van der Waals surface area (Å²) in [6.45, 7) is 0. The average Bonchev–Trinajstić information content (AvgIpc) is 1.36. The van der Waals surface area contributed by atoms with Crippen molar-refractivity contribution in [2.75, 3.05) is 0 Å². The molecule has 0 aromatic rings. The summed E-state index contributed by atoms with van der Waals surface area (Å²) >= 11 is 0.895. The van der Waals surface area contributed by atoms with E-state index < -0.39 is 9.91 Å². The third kappa shape index (κ3) is 2.49. The first kappa shape index (κ1) is 6.26. The summed E-state index contributed by atoms with van der Waals surface area (Å²) in [5.41, 5.74) is 0. The molecule has 36 valence electrons. The molecule has 0 N–H and O–H groups in total. The van der Waals surface area contributed by atoms with E-state index in [1.807, 2.05) is 0 Å².